The summed E-state index contributed by atoms with van der Waals surface area (Å²) in [4.78, 5) is 7.51. The lowest BCUT2D eigenvalue weighted by Crippen LogP contribution is -1.89. The van der Waals surface area contributed by atoms with E-state index in [0.717, 1.165) is 0 Å². The van der Waals surface area contributed by atoms with Crippen LogP contribution in [0, 0.1) is 5.95 Å². The molecule has 0 aliphatic carbocycles. The minimum Gasteiger partial charge on any atom is -0.255 e. The van der Waals surface area contributed by atoms with Crippen molar-refractivity contribution in [3.05, 3.63) is 30.6 Å². The predicted molar refractivity (Wildman–Crippen MR) is 44.2 cm³/mol. The summed E-state index contributed by atoms with van der Waals surface area (Å²) in [7, 11) is 1.77. The number of aromatic nitrogens is 4. The van der Waals surface area contributed by atoms with Crippen molar-refractivity contribution < 1.29 is 4.39 Å². The second-order valence-electron chi connectivity index (χ2n) is 2.61. The Balaban J connectivity index is 2.41. The molecule has 0 unspecified atom stereocenters. The molecule has 0 saturated carbocycles. The van der Waals surface area contributed by atoms with E-state index in [-0.39, 0.29) is 0 Å². The van der Waals surface area contributed by atoms with Gasteiger partial charge in [0.15, 0.2) is 5.82 Å². The molecule has 0 fully saturated rings. The van der Waals surface area contributed by atoms with Crippen LogP contribution in [0.5, 0.6) is 0 Å². The molecule has 2 aromatic rings. The van der Waals surface area contributed by atoms with Gasteiger partial charge in [0.25, 0.3) is 0 Å². The van der Waals surface area contributed by atoms with E-state index in [1.165, 1.54) is 12.3 Å². The minimum atomic E-state index is -0.500. The highest BCUT2D eigenvalue weighted by Gasteiger charge is 2.02. The van der Waals surface area contributed by atoms with E-state index in [1.807, 2.05) is 0 Å². The van der Waals surface area contributed by atoms with Crippen LogP contribution in [0.3, 0.4) is 0 Å². The molecule has 0 spiro atoms. The van der Waals surface area contributed by atoms with E-state index in [4.69, 9.17) is 0 Å². The number of halogens is 1. The summed E-state index contributed by atoms with van der Waals surface area (Å²) < 4.78 is 14.0. The summed E-state index contributed by atoms with van der Waals surface area (Å²) in [5, 5.41) is 4.05. The Morgan fingerprint density at radius 3 is 2.69 bits per heavy atom. The minimum absolute atomic E-state index is 0.500. The number of hydrogen-bond donors (Lipinski definition) is 0. The van der Waals surface area contributed by atoms with Gasteiger partial charge in [-0.05, 0) is 12.1 Å². The Morgan fingerprint density at radius 2 is 2.15 bits per heavy atom. The van der Waals surface area contributed by atoms with Crippen molar-refractivity contribution in [1.82, 2.24) is 19.7 Å². The standard InChI is InChI=1S/C8H7FN4/c1-13-5-11-8(12-13)6-2-3-7(9)10-4-6/h2-5H,1H3. The van der Waals surface area contributed by atoms with E-state index in [1.54, 1.807) is 24.1 Å². The number of nitrogens with zero attached hydrogens (tertiary/aromatic N) is 4. The molecule has 0 aliphatic rings. The van der Waals surface area contributed by atoms with Gasteiger partial charge in [-0.2, -0.15) is 9.49 Å². The van der Waals surface area contributed by atoms with Gasteiger partial charge in [0.05, 0.1) is 0 Å². The van der Waals surface area contributed by atoms with Gasteiger partial charge in [0.1, 0.15) is 6.33 Å². The third-order valence-corrected chi connectivity index (χ3v) is 1.59. The van der Waals surface area contributed by atoms with Crippen molar-refractivity contribution in [2.24, 2.45) is 7.05 Å². The van der Waals surface area contributed by atoms with Gasteiger partial charge in [-0.3, -0.25) is 4.68 Å². The second kappa shape index (κ2) is 2.93. The highest BCUT2D eigenvalue weighted by Crippen LogP contribution is 2.11. The first kappa shape index (κ1) is 7.85. The third-order valence-electron chi connectivity index (χ3n) is 1.59. The number of hydrogen-bond acceptors (Lipinski definition) is 3. The normalized spacial score (nSPS) is 10.3. The number of rotatable bonds is 1. The maximum atomic E-state index is 12.5. The quantitative estimate of drug-likeness (QED) is 0.612. The molecule has 0 atom stereocenters. The molecule has 5 heteroatoms. The van der Waals surface area contributed by atoms with Gasteiger partial charge in [0, 0.05) is 18.8 Å². The SMILES string of the molecule is Cn1cnc(-c2ccc(F)nc2)n1. The van der Waals surface area contributed by atoms with Crippen LogP contribution in [0.1, 0.15) is 0 Å². The molecular formula is C8H7FN4. The molecule has 13 heavy (non-hydrogen) atoms. The lowest BCUT2D eigenvalue weighted by Gasteiger charge is -1.92. The molecular weight excluding hydrogens is 171 g/mol. The average Bonchev–Trinajstić information content (AvgIpc) is 2.53. The van der Waals surface area contributed by atoms with E-state index >= 15 is 0 Å². The molecule has 0 aromatic carbocycles. The Labute approximate surface area is 74.1 Å². The molecule has 66 valence electrons. The van der Waals surface area contributed by atoms with Crippen LogP contribution in [-0.2, 0) is 7.05 Å². The predicted octanol–water partition coefficient (Wildman–Crippen LogP) is 1.02. The highest BCUT2D eigenvalue weighted by molar-refractivity contribution is 5.51. The lowest BCUT2D eigenvalue weighted by atomic mass is 10.3. The van der Waals surface area contributed by atoms with Gasteiger partial charge in [-0.25, -0.2) is 9.97 Å². The van der Waals surface area contributed by atoms with Crippen molar-refractivity contribution in [2.75, 3.05) is 0 Å². The van der Waals surface area contributed by atoms with Gasteiger partial charge < -0.3 is 0 Å². The third kappa shape index (κ3) is 1.53. The fourth-order valence-electron chi connectivity index (χ4n) is 0.980. The molecule has 0 N–H and O–H groups in total. The average molecular weight is 178 g/mol. The van der Waals surface area contributed by atoms with Gasteiger partial charge in [0.2, 0.25) is 5.95 Å². The smallest absolute Gasteiger partial charge is 0.212 e. The summed E-state index contributed by atoms with van der Waals surface area (Å²) >= 11 is 0. The molecule has 0 saturated heterocycles. The summed E-state index contributed by atoms with van der Waals surface area (Å²) in [6.07, 6.45) is 2.99. The summed E-state index contributed by atoms with van der Waals surface area (Å²) in [5.74, 6) is 0.0506. The lowest BCUT2D eigenvalue weighted by molar-refractivity contribution is 0.584. The summed E-state index contributed by atoms with van der Waals surface area (Å²) in [5.41, 5.74) is 0.710. The molecule has 4 nitrogen and oxygen atoms in total. The molecule has 2 rings (SSSR count). The molecule has 2 aromatic heterocycles. The van der Waals surface area contributed by atoms with Gasteiger partial charge >= 0.3 is 0 Å². The van der Waals surface area contributed by atoms with Crippen molar-refractivity contribution in [3.8, 4) is 11.4 Å². The first-order chi connectivity index (χ1) is 6.25. The van der Waals surface area contributed by atoms with Crippen molar-refractivity contribution in [1.29, 1.82) is 0 Å². The van der Waals surface area contributed by atoms with Crippen LogP contribution < -0.4 is 0 Å². The summed E-state index contributed by atoms with van der Waals surface area (Å²) in [6, 6.07) is 2.88. The Kier molecular flexibility index (Phi) is 1.77. The van der Waals surface area contributed by atoms with Crippen LogP contribution in [0.15, 0.2) is 24.7 Å². The van der Waals surface area contributed by atoms with E-state index in [2.05, 4.69) is 15.1 Å². The van der Waals surface area contributed by atoms with Gasteiger partial charge in [-0.1, -0.05) is 0 Å². The zero-order chi connectivity index (χ0) is 9.26. The fourth-order valence-corrected chi connectivity index (χ4v) is 0.980. The molecule has 0 bridgehead atoms. The van der Waals surface area contributed by atoms with E-state index < -0.39 is 5.95 Å². The molecule has 0 radical (unpaired) electrons. The maximum absolute atomic E-state index is 12.5. The van der Waals surface area contributed by atoms with Crippen molar-refractivity contribution in [3.63, 3.8) is 0 Å². The second-order valence-corrected chi connectivity index (χ2v) is 2.61. The Hall–Kier alpha value is -1.78. The number of aryl methyl sites for hydroxylation is 1. The maximum Gasteiger partial charge on any atom is 0.212 e. The molecule has 2 heterocycles. The van der Waals surface area contributed by atoms with E-state index in [9.17, 15) is 4.39 Å². The fraction of sp³-hybridized carbons (Fsp3) is 0.125. The first-order valence-electron chi connectivity index (χ1n) is 3.73. The van der Waals surface area contributed by atoms with Crippen molar-refractivity contribution in [2.45, 2.75) is 0 Å². The Bertz CT molecular complexity index is 406. The first-order valence-corrected chi connectivity index (χ1v) is 3.73. The molecule has 0 aliphatic heterocycles. The van der Waals surface area contributed by atoms with Crippen LogP contribution in [0.2, 0.25) is 0 Å². The van der Waals surface area contributed by atoms with Gasteiger partial charge in [-0.15, -0.1) is 0 Å². The highest BCUT2D eigenvalue weighted by atomic mass is 19.1. The zero-order valence-corrected chi connectivity index (χ0v) is 6.98. The topological polar surface area (TPSA) is 43.6 Å². The molecule has 0 amide bonds. The van der Waals surface area contributed by atoms with Crippen LogP contribution in [0.4, 0.5) is 4.39 Å². The van der Waals surface area contributed by atoms with E-state index in [0.29, 0.717) is 11.4 Å². The monoisotopic (exact) mass is 178 g/mol. The van der Waals surface area contributed by atoms with Crippen LogP contribution >= 0.6 is 0 Å². The number of pyridine rings is 1. The van der Waals surface area contributed by atoms with Crippen LogP contribution in [-0.4, -0.2) is 19.7 Å². The van der Waals surface area contributed by atoms with Crippen LogP contribution in [0.25, 0.3) is 11.4 Å². The zero-order valence-electron chi connectivity index (χ0n) is 6.98. The van der Waals surface area contributed by atoms with Crippen molar-refractivity contribution >= 4 is 0 Å². The Morgan fingerprint density at radius 1 is 1.31 bits per heavy atom. The summed E-state index contributed by atoms with van der Waals surface area (Å²) in [6.45, 7) is 0. The largest absolute Gasteiger partial charge is 0.255 e.